The van der Waals surface area contributed by atoms with E-state index in [-0.39, 0.29) is 0 Å². The fraction of sp³-hybridized carbons (Fsp3) is 0.800. The van der Waals surface area contributed by atoms with Gasteiger partial charge in [0.05, 0.1) is 10.7 Å². The molecule has 0 spiro atoms. The lowest BCUT2D eigenvalue weighted by Gasteiger charge is -2.30. The lowest BCUT2D eigenvalue weighted by Crippen LogP contribution is -2.39. The second kappa shape index (κ2) is 13.4. The predicted molar refractivity (Wildman–Crippen MR) is 121 cm³/mol. The van der Waals surface area contributed by atoms with Gasteiger partial charge in [-0.05, 0) is 70.0 Å². The van der Waals surface area contributed by atoms with Gasteiger partial charge < -0.3 is 10.6 Å². The first-order chi connectivity index (χ1) is 13.2. The summed E-state index contributed by atoms with van der Waals surface area (Å²) >= 11 is 3.72. The first-order valence-corrected chi connectivity index (χ1v) is 12.7. The highest BCUT2D eigenvalue weighted by Crippen LogP contribution is 2.20. The van der Waals surface area contributed by atoms with Crippen LogP contribution in [0.4, 0.5) is 0 Å². The summed E-state index contributed by atoms with van der Waals surface area (Å²) in [4.78, 5) is 12.1. The summed E-state index contributed by atoms with van der Waals surface area (Å²) in [5.74, 6) is 2.93. The van der Waals surface area contributed by atoms with Crippen LogP contribution < -0.4 is 10.6 Å². The maximum Gasteiger partial charge on any atom is 0.191 e. The number of hydrogen-bond donors (Lipinski definition) is 2. The number of aromatic nitrogens is 1. The number of unbranched alkanes of at least 4 members (excludes halogenated alkanes) is 1. The van der Waals surface area contributed by atoms with E-state index < -0.39 is 0 Å². The number of guanidine groups is 1. The number of rotatable bonds is 11. The number of piperidine rings is 1. The average Bonchev–Trinajstić information content (AvgIpc) is 3.14. The largest absolute Gasteiger partial charge is 0.357 e. The smallest absolute Gasteiger partial charge is 0.191 e. The minimum atomic E-state index is 0.704. The van der Waals surface area contributed by atoms with Crippen LogP contribution in [0.25, 0.3) is 0 Å². The number of hydrogen-bond acceptors (Lipinski definition) is 5. The second-order valence-electron chi connectivity index (χ2n) is 7.15. The molecule has 1 fully saturated rings. The maximum atomic E-state index is 4.84. The Morgan fingerprint density at radius 2 is 2.11 bits per heavy atom. The molecule has 2 rings (SSSR count). The van der Waals surface area contributed by atoms with E-state index in [0.29, 0.717) is 5.92 Å². The van der Waals surface area contributed by atoms with Gasteiger partial charge in [-0.15, -0.1) is 11.3 Å². The Kier molecular flexibility index (Phi) is 11.2. The summed E-state index contributed by atoms with van der Waals surface area (Å²) in [6.07, 6.45) is 8.17. The highest BCUT2D eigenvalue weighted by Gasteiger charge is 2.19. The number of aliphatic imine (C=N–C) groups is 1. The fourth-order valence-electron chi connectivity index (χ4n) is 3.28. The Balaban J connectivity index is 1.68. The molecule has 0 amide bonds. The van der Waals surface area contributed by atoms with Crippen molar-refractivity contribution in [1.82, 2.24) is 20.5 Å². The first-order valence-electron chi connectivity index (χ1n) is 10.4. The van der Waals surface area contributed by atoms with Crippen molar-refractivity contribution in [3.63, 3.8) is 0 Å². The zero-order valence-corrected chi connectivity index (χ0v) is 18.9. The lowest BCUT2D eigenvalue weighted by molar-refractivity contribution is 0.179. The molecule has 5 nitrogen and oxygen atoms in total. The van der Waals surface area contributed by atoms with Crippen LogP contribution in [0.15, 0.2) is 10.4 Å². The summed E-state index contributed by atoms with van der Waals surface area (Å²) in [5, 5.41) is 10.3. The molecule has 0 saturated carbocycles. The van der Waals surface area contributed by atoms with E-state index in [0.717, 1.165) is 51.6 Å². The third-order valence-corrected chi connectivity index (χ3v) is 6.65. The van der Waals surface area contributed by atoms with Gasteiger partial charge in [0.15, 0.2) is 5.96 Å². The number of nitrogens with one attached hydrogen (secondary N) is 2. The lowest BCUT2D eigenvalue weighted by atomic mass is 9.97. The van der Waals surface area contributed by atoms with E-state index in [4.69, 9.17) is 9.98 Å². The van der Waals surface area contributed by atoms with E-state index in [1.54, 1.807) is 11.3 Å². The molecule has 0 aromatic carbocycles. The van der Waals surface area contributed by atoms with Crippen LogP contribution in [-0.2, 0) is 13.0 Å². The monoisotopic (exact) mass is 411 g/mol. The van der Waals surface area contributed by atoms with Crippen LogP contribution in [-0.4, -0.2) is 60.6 Å². The molecule has 154 valence electrons. The molecule has 2 heterocycles. The van der Waals surface area contributed by atoms with Crippen molar-refractivity contribution >= 4 is 29.1 Å². The Bertz CT molecular complexity index is 538. The standard InChI is InChI=1S/C20H37N5S2/c1-4-19-24-18(16-27-19)15-25-11-8-17(9-12-25)14-23-20(21-5-2)22-10-6-7-13-26-3/h16-17H,4-15H2,1-3H3,(H2,21,22,23). The molecule has 1 aliphatic rings. The zero-order chi connectivity index (χ0) is 19.3. The van der Waals surface area contributed by atoms with Crippen LogP contribution in [0, 0.1) is 5.92 Å². The topological polar surface area (TPSA) is 52.6 Å². The number of aryl methyl sites for hydroxylation is 1. The third-order valence-electron chi connectivity index (χ3n) is 4.91. The molecule has 0 aliphatic carbocycles. The van der Waals surface area contributed by atoms with Crippen molar-refractivity contribution in [2.45, 2.75) is 52.5 Å². The summed E-state index contributed by atoms with van der Waals surface area (Å²) in [7, 11) is 0. The maximum absolute atomic E-state index is 4.84. The predicted octanol–water partition coefficient (Wildman–Crippen LogP) is 3.62. The first kappa shape index (κ1) is 22.5. The summed E-state index contributed by atoms with van der Waals surface area (Å²) in [5.41, 5.74) is 1.24. The van der Waals surface area contributed by atoms with Crippen LogP contribution in [0.3, 0.4) is 0 Å². The zero-order valence-electron chi connectivity index (χ0n) is 17.3. The van der Waals surface area contributed by atoms with Crippen molar-refractivity contribution in [2.75, 3.05) is 44.7 Å². The van der Waals surface area contributed by atoms with Crippen molar-refractivity contribution in [3.05, 3.63) is 16.1 Å². The Hall–Kier alpha value is -0.790. The highest BCUT2D eigenvalue weighted by atomic mass is 32.2. The van der Waals surface area contributed by atoms with Crippen LogP contribution in [0.1, 0.15) is 50.2 Å². The molecule has 0 radical (unpaired) electrons. The van der Waals surface area contributed by atoms with E-state index in [1.807, 2.05) is 11.8 Å². The van der Waals surface area contributed by atoms with Gasteiger partial charge in [0.1, 0.15) is 0 Å². The van der Waals surface area contributed by atoms with Gasteiger partial charge in [0.2, 0.25) is 0 Å². The number of thiazole rings is 1. The van der Waals surface area contributed by atoms with E-state index in [2.05, 4.69) is 41.0 Å². The summed E-state index contributed by atoms with van der Waals surface area (Å²) < 4.78 is 0. The molecular weight excluding hydrogens is 374 g/mol. The number of likely N-dealkylation sites (tertiary alicyclic amines) is 1. The molecular formula is C20H37N5S2. The van der Waals surface area contributed by atoms with E-state index in [1.165, 1.54) is 42.1 Å². The molecule has 27 heavy (non-hydrogen) atoms. The molecule has 1 aromatic heterocycles. The average molecular weight is 412 g/mol. The van der Waals surface area contributed by atoms with Crippen molar-refractivity contribution in [1.29, 1.82) is 0 Å². The Morgan fingerprint density at radius 1 is 1.30 bits per heavy atom. The summed E-state index contributed by atoms with van der Waals surface area (Å²) in [6.45, 7) is 10.5. The highest BCUT2D eigenvalue weighted by molar-refractivity contribution is 7.98. The third kappa shape index (κ3) is 8.83. The molecule has 1 saturated heterocycles. The Morgan fingerprint density at radius 3 is 2.78 bits per heavy atom. The van der Waals surface area contributed by atoms with Gasteiger partial charge in [-0.25, -0.2) is 4.98 Å². The number of nitrogens with zero attached hydrogens (tertiary/aromatic N) is 3. The van der Waals surface area contributed by atoms with Gasteiger partial charge in [0, 0.05) is 31.6 Å². The van der Waals surface area contributed by atoms with E-state index >= 15 is 0 Å². The molecule has 0 bridgehead atoms. The minimum Gasteiger partial charge on any atom is -0.357 e. The van der Waals surface area contributed by atoms with Gasteiger partial charge in [0.25, 0.3) is 0 Å². The molecule has 2 N–H and O–H groups in total. The van der Waals surface area contributed by atoms with Crippen molar-refractivity contribution in [3.8, 4) is 0 Å². The minimum absolute atomic E-state index is 0.704. The molecule has 1 aliphatic heterocycles. The Labute approximate surface area is 173 Å². The van der Waals surface area contributed by atoms with Crippen LogP contribution >= 0.6 is 23.1 Å². The van der Waals surface area contributed by atoms with E-state index in [9.17, 15) is 0 Å². The van der Waals surface area contributed by atoms with Gasteiger partial charge >= 0.3 is 0 Å². The van der Waals surface area contributed by atoms with Crippen molar-refractivity contribution in [2.24, 2.45) is 10.9 Å². The molecule has 0 unspecified atom stereocenters. The van der Waals surface area contributed by atoms with Gasteiger partial charge in [-0.2, -0.15) is 11.8 Å². The normalized spacial score (nSPS) is 16.6. The summed E-state index contributed by atoms with van der Waals surface area (Å²) in [6, 6.07) is 0. The SMILES string of the molecule is CCNC(=NCC1CCN(Cc2csc(CC)n2)CC1)NCCCCSC. The van der Waals surface area contributed by atoms with Crippen molar-refractivity contribution < 1.29 is 0 Å². The molecule has 7 heteroatoms. The molecule has 0 atom stereocenters. The fourth-order valence-corrected chi connectivity index (χ4v) is 4.51. The second-order valence-corrected chi connectivity index (χ2v) is 9.08. The van der Waals surface area contributed by atoms with Gasteiger partial charge in [-0.1, -0.05) is 6.92 Å². The number of thioether (sulfide) groups is 1. The van der Waals surface area contributed by atoms with Crippen LogP contribution in [0.5, 0.6) is 0 Å². The molecule has 1 aromatic rings. The van der Waals surface area contributed by atoms with Crippen LogP contribution in [0.2, 0.25) is 0 Å². The quantitative estimate of drug-likeness (QED) is 0.331. The van der Waals surface area contributed by atoms with Gasteiger partial charge in [-0.3, -0.25) is 9.89 Å².